The van der Waals surface area contributed by atoms with Crippen LogP contribution in [0.25, 0.3) is 0 Å². The summed E-state index contributed by atoms with van der Waals surface area (Å²) in [5.41, 5.74) is 6.20. The molecule has 0 spiro atoms. The van der Waals surface area contributed by atoms with E-state index in [1.54, 1.807) is 0 Å². The molecule has 9 nitrogen and oxygen atoms in total. The van der Waals surface area contributed by atoms with Gasteiger partial charge in [0.1, 0.15) is 18.8 Å². The van der Waals surface area contributed by atoms with Crippen molar-refractivity contribution in [3.63, 3.8) is 0 Å². The molecule has 156 valence electrons. The van der Waals surface area contributed by atoms with Crippen LogP contribution in [0.3, 0.4) is 0 Å². The molecule has 2 aromatic carbocycles. The summed E-state index contributed by atoms with van der Waals surface area (Å²) in [5, 5.41) is 22.9. The fourth-order valence-electron chi connectivity index (χ4n) is 2.43. The molecular weight excluding hydrogens is 380 g/mol. The normalized spacial score (nSPS) is 12.5. The number of carbonyl (C=O) groups excluding carboxylic acids is 2. The molecule has 2 rings (SSSR count). The Kier molecular flexibility index (Phi) is 8.26. The molecule has 0 heterocycles. The molecule has 2 aromatic rings. The van der Waals surface area contributed by atoms with Gasteiger partial charge in [-0.25, -0.2) is 4.79 Å². The van der Waals surface area contributed by atoms with E-state index in [1.807, 2.05) is 30.3 Å². The third kappa shape index (κ3) is 6.98. The molecule has 2 atom stereocenters. The Bertz CT molecular complexity index is 814. The number of hydrogen-bond donors (Lipinski definition) is 4. The van der Waals surface area contributed by atoms with Gasteiger partial charge < -0.3 is 35.5 Å². The molecule has 2 amide bonds. The molecule has 0 saturated carbocycles. The lowest BCUT2D eigenvalue weighted by molar-refractivity contribution is -0.119. The second-order valence-corrected chi connectivity index (χ2v) is 6.12. The van der Waals surface area contributed by atoms with Crippen molar-refractivity contribution in [3.05, 3.63) is 59.7 Å². The van der Waals surface area contributed by atoms with E-state index in [1.165, 1.54) is 25.3 Å². The molecule has 0 bridgehead atoms. The monoisotopic (exact) mass is 404 g/mol. The van der Waals surface area contributed by atoms with Crippen molar-refractivity contribution in [1.29, 1.82) is 0 Å². The van der Waals surface area contributed by atoms with Crippen LogP contribution < -0.4 is 20.5 Å². The van der Waals surface area contributed by atoms with E-state index in [4.69, 9.17) is 19.9 Å². The first-order valence-electron chi connectivity index (χ1n) is 8.80. The van der Waals surface area contributed by atoms with Crippen molar-refractivity contribution < 1.29 is 34.0 Å². The van der Waals surface area contributed by atoms with Gasteiger partial charge >= 0.3 is 6.09 Å². The first kappa shape index (κ1) is 22.0. The van der Waals surface area contributed by atoms with E-state index in [0.29, 0.717) is 5.56 Å². The number of benzene rings is 2. The number of rotatable bonds is 10. The molecule has 0 radical (unpaired) electrons. The summed E-state index contributed by atoms with van der Waals surface area (Å²) in [6.07, 6.45) is -3.31. The lowest BCUT2D eigenvalue weighted by Gasteiger charge is -2.20. The van der Waals surface area contributed by atoms with Gasteiger partial charge in [0, 0.05) is 6.54 Å². The summed E-state index contributed by atoms with van der Waals surface area (Å²) in [6.45, 7) is -0.456. The lowest BCUT2D eigenvalue weighted by Crippen LogP contribution is -2.35. The Morgan fingerprint density at radius 1 is 1.10 bits per heavy atom. The molecule has 2 unspecified atom stereocenters. The Morgan fingerprint density at radius 3 is 2.48 bits per heavy atom. The van der Waals surface area contributed by atoms with Crippen molar-refractivity contribution >= 4 is 12.0 Å². The zero-order valence-corrected chi connectivity index (χ0v) is 15.9. The number of carbonyl (C=O) groups is 2. The van der Waals surface area contributed by atoms with Crippen LogP contribution in [-0.4, -0.2) is 48.6 Å². The molecule has 0 aliphatic heterocycles. The molecule has 0 saturated heterocycles. The van der Waals surface area contributed by atoms with Crippen LogP contribution >= 0.6 is 0 Å². The quantitative estimate of drug-likeness (QED) is 0.461. The highest BCUT2D eigenvalue weighted by Gasteiger charge is 2.21. The summed E-state index contributed by atoms with van der Waals surface area (Å²) >= 11 is 0. The molecule has 0 aliphatic carbocycles. The van der Waals surface area contributed by atoms with Gasteiger partial charge in [0.15, 0.2) is 18.1 Å². The molecule has 9 heteroatoms. The number of ether oxygens (including phenoxy) is 3. The number of nitrogens with two attached hydrogens (primary N) is 1. The van der Waals surface area contributed by atoms with Crippen molar-refractivity contribution in [2.75, 3.05) is 20.3 Å². The van der Waals surface area contributed by atoms with Gasteiger partial charge in [0.2, 0.25) is 0 Å². The van der Waals surface area contributed by atoms with E-state index in [-0.39, 0.29) is 31.3 Å². The van der Waals surface area contributed by atoms with Gasteiger partial charge in [-0.05, 0) is 23.3 Å². The summed E-state index contributed by atoms with van der Waals surface area (Å²) < 4.78 is 15.4. The molecular formula is C20H24N2O7. The largest absolute Gasteiger partial charge is 0.493 e. The maximum atomic E-state index is 11.8. The average Bonchev–Trinajstić information content (AvgIpc) is 2.74. The SMILES string of the molecule is COc1cc(C(O)C(O)CNC(=O)OCc2ccccc2)ccc1OCC(N)=O. The fourth-order valence-corrected chi connectivity index (χ4v) is 2.43. The minimum absolute atomic E-state index is 0.0925. The van der Waals surface area contributed by atoms with Gasteiger partial charge in [0.25, 0.3) is 5.91 Å². The minimum atomic E-state index is -1.30. The number of primary amides is 1. The highest BCUT2D eigenvalue weighted by atomic mass is 16.5. The van der Waals surface area contributed by atoms with Crippen LogP contribution in [0.15, 0.2) is 48.5 Å². The number of aliphatic hydroxyl groups excluding tert-OH is 2. The molecule has 5 N–H and O–H groups in total. The predicted octanol–water partition coefficient (Wildman–Crippen LogP) is 0.880. The zero-order chi connectivity index (χ0) is 21.2. The number of nitrogens with one attached hydrogen (secondary N) is 1. The van der Waals surface area contributed by atoms with E-state index in [9.17, 15) is 19.8 Å². The highest BCUT2D eigenvalue weighted by molar-refractivity contribution is 5.75. The summed E-state index contributed by atoms with van der Waals surface area (Å²) in [6, 6.07) is 13.6. The van der Waals surface area contributed by atoms with Crippen LogP contribution in [0.1, 0.15) is 17.2 Å². The smallest absolute Gasteiger partial charge is 0.407 e. The van der Waals surface area contributed by atoms with Gasteiger partial charge in [-0.1, -0.05) is 36.4 Å². The van der Waals surface area contributed by atoms with Gasteiger partial charge in [-0.15, -0.1) is 0 Å². The molecule has 0 aromatic heterocycles. The highest BCUT2D eigenvalue weighted by Crippen LogP contribution is 2.31. The molecule has 0 fully saturated rings. The van der Waals surface area contributed by atoms with Crippen molar-refractivity contribution in [2.24, 2.45) is 5.73 Å². The third-order valence-corrected chi connectivity index (χ3v) is 3.93. The van der Waals surface area contributed by atoms with Gasteiger partial charge in [0.05, 0.1) is 7.11 Å². The van der Waals surface area contributed by atoms with Gasteiger partial charge in [-0.2, -0.15) is 0 Å². The molecule has 0 aliphatic rings. The average molecular weight is 404 g/mol. The van der Waals surface area contributed by atoms with Gasteiger partial charge in [-0.3, -0.25) is 4.79 Å². The summed E-state index contributed by atoms with van der Waals surface area (Å²) in [5.74, 6) is -0.124. The second kappa shape index (κ2) is 10.9. The van der Waals surface area contributed by atoms with E-state index >= 15 is 0 Å². The van der Waals surface area contributed by atoms with Crippen molar-refractivity contribution in [1.82, 2.24) is 5.32 Å². The van der Waals surface area contributed by atoms with Crippen molar-refractivity contribution in [3.8, 4) is 11.5 Å². The van der Waals surface area contributed by atoms with E-state index in [0.717, 1.165) is 5.56 Å². The first-order chi connectivity index (χ1) is 13.9. The summed E-state index contributed by atoms with van der Waals surface area (Å²) in [4.78, 5) is 22.6. The van der Waals surface area contributed by atoms with Crippen LogP contribution in [0.4, 0.5) is 4.79 Å². The Hall–Kier alpha value is -3.30. The Labute approximate surface area is 168 Å². The number of alkyl carbamates (subject to hydrolysis) is 1. The zero-order valence-electron chi connectivity index (χ0n) is 15.9. The minimum Gasteiger partial charge on any atom is -0.493 e. The van der Waals surface area contributed by atoms with Crippen LogP contribution in [-0.2, 0) is 16.1 Å². The number of aliphatic hydroxyl groups is 2. The van der Waals surface area contributed by atoms with Crippen molar-refractivity contribution in [2.45, 2.75) is 18.8 Å². The molecule has 29 heavy (non-hydrogen) atoms. The Morgan fingerprint density at radius 2 is 1.83 bits per heavy atom. The number of methoxy groups -OCH3 is 1. The second-order valence-electron chi connectivity index (χ2n) is 6.12. The predicted molar refractivity (Wildman–Crippen MR) is 103 cm³/mol. The number of hydrogen-bond acceptors (Lipinski definition) is 7. The first-order valence-corrected chi connectivity index (χ1v) is 8.80. The van der Waals surface area contributed by atoms with Crippen LogP contribution in [0.5, 0.6) is 11.5 Å². The van der Waals surface area contributed by atoms with Crippen LogP contribution in [0.2, 0.25) is 0 Å². The number of amides is 2. The fraction of sp³-hybridized carbons (Fsp3) is 0.300. The lowest BCUT2D eigenvalue weighted by atomic mass is 10.0. The maximum absolute atomic E-state index is 11.8. The topological polar surface area (TPSA) is 140 Å². The maximum Gasteiger partial charge on any atom is 0.407 e. The third-order valence-electron chi connectivity index (χ3n) is 3.93. The van der Waals surface area contributed by atoms with E-state index < -0.39 is 24.2 Å². The Balaban J connectivity index is 1.87. The van der Waals surface area contributed by atoms with Crippen LogP contribution in [0, 0.1) is 0 Å². The standard InChI is InChI=1S/C20H24N2O7/c1-27-17-9-14(7-8-16(17)28-12-18(21)24)19(25)15(23)10-22-20(26)29-11-13-5-3-2-4-6-13/h2-9,15,19,23,25H,10-12H2,1H3,(H2,21,24)(H,22,26). The summed E-state index contributed by atoms with van der Waals surface area (Å²) in [7, 11) is 1.39. The van der Waals surface area contributed by atoms with E-state index in [2.05, 4.69) is 5.32 Å².